The topological polar surface area (TPSA) is 86.5 Å². The van der Waals surface area contributed by atoms with Gasteiger partial charge < -0.3 is 10.3 Å². The summed E-state index contributed by atoms with van der Waals surface area (Å²) in [5.41, 5.74) is 2.57. The van der Waals surface area contributed by atoms with Gasteiger partial charge in [-0.25, -0.2) is 4.98 Å². The maximum absolute atomic E-state index is 12.6. The molecule has 0 amide bonds. The van der Waals surface area contributed by atoms with Crippen LogP contribution in [0.15, 0.2) is 17.1 Å². The Morgan fingerprint density at radius 1 is 1.42 bits per heavy atom. The molecule has 0 saturated carbocycles. The lowest BCUT2D eigenvalue weighted by Gasteiger charge is -2.28. The maximum Gasteiger partial charge on any atom is 0.268 e. The number of aryl methyl sites for hydroxylation is 1. The minimum atomic E-state index is -0.185. The Balaban J connectivity index is 1.85. The van der Waals surface area contributed by atoms with E-state index in [1.165, 1.54) is 11.3 Å². The van der Waals surface area contributed by atoms with E-state index < -0.39 is 0 Å². The molecule has 0 radical (unpaired) electrons. The fourth-order valence-corrected chi connectivity index (χ4v) is 4.72. The molecule has 1 saturated heterocycles. The second kappa shape index (κ2) is 5.82. The first-order chi connectivity index (χ1) is 11.6. The minimum absolute atomic E-state index is 0.0448. The second-order valence-corrected chi connectivity index (χ2v) is 7.56. The number of rotatable bonds is 4. The second-order valence-electron chi connectivity index (χ2n) is 6.51. The van der Waals surface area contributed by atoms with Crippen molar-refractivity contribution >= 4 is 21.6 Å². The molecule has 6 nitrogen and oxygen atoms in total. The molecular weight excluding hydrogens is 322 g/mol. The van der Waals surface area contributed by atoms with E-state index in [0.29, 0.717) is 4.70 Å². The van der Waals surface area contributed by atoms with Crippen molar-refractivity contribution in [2.75, 3.05) is 6.54 Å². The van der Waals surface area contributed by atoms with Gasteiger partial charge in [-0.05, 0) is 38.8 Å². The molecule has 3 aromatic heterocycles. The Hall–Kier alpha value is -1.99. The van der Waals surface area contributed by atoms with Crippen LogP contribution in [0, 0.1) is 6.92 Å². The molecule has 0 aliphatic carbocycles. The molecule has 0 unspecified atom stereocenters. The van der Waals surface area contributed by atoms with Crippen molar-refractivity contribution in [3.63, 3.8) is 0 Å². The molecule has 4 rings (SSSR count). The third-order valence-corrected chi connectivity index (χ3v) is 6.01. The Morgan fingerprint density at radius 2 is 2.29 bits per heavy atom. The van der Waals surface area contributed by atoms with Gasteiger partial charge in [0.15, 0.2) is 0 Å². The third kappa shape index (κ3) is 2.39. The fraction of sp³-hybridized carbons (Fsp3) is 0.471. The van der Waals surface area contributed by atoms with Gasteiger partial charge >= 0.3 is 0 Å². The number of H-pyrrole nitrogens is 2. The van der Waals surface area contributed by atoms with Gasteiger partial charge in [-0.2, -0.15) is 5.10 Å². The number of aromatic amines is 2. The van der Waals surface area contributed by atoms with E-state index in [4.69, 9.17) is 4.98 Å². The van der Waals surface area contributed by atoms with E-state index in [-0.39, 0.29) is 11.1 Å². The number of hydrogen-bond acceptors (Lipinski definition) is 5. The smallest absolute Gasteiger partial charge is 0.268 e. The number of fused-ring (bicyclic) bond motifs is 1. The lowest BCUT2D eigenvalue weighted by Crippen LogP contribution is -2.39. The standard InChI is InChI=1S/C17H21N5OS/c1-3-5-17(6-4-7-18-17)16-20-12-8-13(11-9-19-22-10(11)2)24-14(12)15(23)21-16/h8-9,18H,3-7H2,1-2H3,(H,19,22)(H,20,21,23)/t17-/m0/s1. The summed E-state index contributed by atoms with van der Waals surface area (Å²) in [6.07, 6.45) is 5.97. The SMILES string of the molecule is CCC[C@@]1(c2nc3cc(-c4cn[nH]c4C)sc3c(=O)[nH]2)CCCN1. The van der Waals surface area contributed by atoms with Gasteiger partial charge in [-0.3, -0.25) is 9.89 Å². The fourth-order valence-electron chi connectivity index (χ4n) is 3.67. The predicted molar refractivity (Wildman–Crippen MR) is 96.4 cm³/mol. The Labute approximate surface area is 143 Å². The molecule has 0 aromatic carbocycles. The van der Waals surface area contributed by atoms with Crippen molar-refractivity contribution in [2.24, 2.45) is 0 Å². The van der Waals surface area contributed by atoms with Crippen LogP contribution in [0.3, 0.4) is 0 Å². The highest BCUT2D eigenvalue weighted by molar-refractivity contribution is 7.22. The molecule has 126 valence electrons. The predicted octanol–water partition coefficient (Wildman–Crippen LogP) is 3.06. The van der Waals surface area contributed by atoms with Gasteiger partial charge in [0.05, 0.1) is 17.3 Å². The molecule has 24 heavy (non-hydrogen) atoms. The quantitative estimate of drug-likeness (QED) is 0.679. The highest BCUT2D eigenvalue weighted by Crippen LogP contribution is 2.36. The van der Waals surface area contributed by atoms with Crippen LogP contribution in [0.2, 0.25) is 0 Å². The summed E-state index contributed by atoms with van der Waals surface area (Å²) in [6, 6.07) is 2.01. The summed E-state index contributed by atoms with van der Waals surface area (Å²) < 4.78 is 0.680. The van der Waals surface area contributed by atoms with Crippen molar-refractivity contribution < 1.29 is 0 Å². The summed E-state index contributed by atoms with van der Waals surface area (Å²) in [5.74, 6) is 0.785. The Bertz CT molecular complexity index is 932. The highest BCUT2D eigenvalue weighted by atomic mass is 32.1. The van der Waals surface area contributed by atoms with E-state index in [1.54, 1.807) is 6.20 Å². The van der Waals surface area contributed by atoms with E-state index in [2.05, 4.69) is 27.4 Å². The molecular formula is C17H21N5OS. The van der Waals surface area contributed by atoms with Gasteiger partial charge in [0.25, 0.3) is 5.56 Å². The zero-order valence-corrected chi connectivity index (χ0v) is 14.7. The first-order valence-electron chi connectivity index (χ1n) is 8.43. The molecule has 0 bridgehead atoms. The molecule has 0 spiro atoms. The number of nitrogens with zero attached hydrogens (tertiary/aromatic N) is 2. The number of hydrogen-bond donors (Lipinski definition) is 3. The molecule has 1 aliphatic heterocycles. The number of aromatic nitrogens is 4. The van der Waals surface area contributed by atoms with Crippen LogP contribution < -0.4 is 10.9 Å². The van der Waals surface area contributed by atoms with E-state index >= 15 is 0 Å². The molecule has 1 aliphatic rings. The summed E-state index contributed by atoms with van der Waals surface area (Å²) in [4.78, 5) is 21.5. The summed E-state index contributed by atoms with van der Waals surface area (Å²) in [6.45, 7) is 5.13. The van der Waals surface area contributed by atoms with Crippen LogP contribution in [-0.2, 0) is 5.54 Å². The molecule has 4 heterocycles. The van der Waals surface area contributed by atoms with Crippen LogP contribution in [-0.4, -0.2) is 26.7 Å². The van der Waals surface area contributed by atoms with E-state index in [0.717, 1.165) is 59.7 Å². The lowest BCUT2D eigenvalue weighted by molar-refractivity contribution is 0.335. The van der Waals surface area contributed by atoms with Crippen molar-refractivity contribution in [1.29, 1.82) is 0 Å². The van der Waals surface area contributed by atoms with Crippen LogP contribution in [0.5, 0.6) is 0 Å². The van der Waals surface area contributed by atoms with Crippen LogP contribution in [0.4, 0.5) is 0 Å². The summed E-state index contributed by atoms with van der Waals surface area (Å²) >= 11 is 1.47. The molecule has 7 heteroatoms. The van der Waals surface area contributed by atoms with E-state index in [1.807, 2.05) is 13.0 Å². The lowest BCUT2D eigenvalue weighted by atomic mass is 9.91. The maximum atomic E-state index is 12.6. The van der Waals surface area contributed by atoms with Gasteiger partial charge in [-0.15, -0.1) is 11.3 Å². The Kier molecular flexibility index (Phi) is 3.77. The molecule has 3 N–H and O–H groups in total. The average molecular weight is 343 g/mol. The van der Waals surface area contributed by atoms with Crippen LogP contribution >= 0.6 is 11.3 Å². The zero-order chi connectivity index (χ0) is 16.7. The molecule has 1 atom stereocenters. The third-order valence-electron chi connectivity index (χ3n) is 4.85. The highest BCUT2D eigenvalue weighted by Gasteiger charge is 2.37. The van der Waals surface area contributed by atoms with Crippen molar-refractivity contribution in [2.45, 2.75) is 45.1 Å². The minimum Gasteiger partial charge on any atom is -0.308 e. The van der Waals surface area contributed by atoms with Gasteiger partial charge in [0.1, 0.15) is 10.5 Å². The van der Waals surface area contributed by atoms with E-state index in [9.17, 15) is 4.79 Å². The zero-order valence-electron chi connectivity index (χ0n) is 13.9. The summed E-state index contributed by atoms with van der Waals surface area (Å²) in [5, 5.41) is 10.6. The first-order valence-corrected chi connectivity index (χ1v) is 9.24. The van der Waals surface area contributed by atoms with Gasteiger partial charge in [0, 0.05) is 16.1 Å². The van der Waals surface area contributed by atoms with Crippen LogP contribution in [0.25, 0.3) is 20.7 Å². The number of thiophene rings is 1. The van der Waals surface area contributed by atoms with Crippen LogP contribution in [0.1, 0.15) is 44.1 Å². The molecule has 3 aromatic rings. The number of nitrogens with one attached hydrogen (secondary N) is 3. The van der Waals surface area contributed by atoms with Crippen molar-refractivity contribution in [3.8, 4) is 10.4 Å². The first kappa shape index (κ1) is 15.5. The Morgan fingerprint density at radius 3 is 2.96 bits per heavy atom. The van der Waals surface area contributed by atoms with Gasteiger partial charge in [-0.1, -0.05) is 13.3 Å². The summed E-state index contributed by atoms with van der Waals surface area (Å²) in [7, 11) is 0. The van der Waals surface area contributed by atoms with Crippen molar-refractivity contribution in [1.82, 2.24) is 25.5 Å². The molecule has 1 fully saturated rings. The van der Waals surface area contributed by atoms with Gasteiger partial charge in [0.2, 0.25) is 0 Å². The normalized spacial score (nSPS) is 20.9. The average Bonchev–Trinajstić information content (AvgIpc) is 3.26. The largest absolute Gasteiger partial charge is 0.308 e. The monoisotopic (exact) mass is 343 g/mol. The van der Waals surface area contributed by atoms with Crippen molar-refractivity contribution in [3.05, 3.63) is 34.1 Å².